The summed E-state index contributed by atoms with van der Waals surface area (Å²) in [7, 11) is 0. The molecule has 8 rings (SSSR count). The minimum Gasteiger partial charge on any atom is -0.307 e. The summed E-state index contributed by atoms with van der Waals surface area (Å²) in [5.74, 6) is 0. The molecule has 2 nitrogen and oxygen atoms in total. The second-order valence-corrected chi connectivity index (χ2v) is 9.70. The van der Waals surface area contributed by atoms with E-state index in [0.29, 0.717) is 0 Å². The summed E-state index contributed by atoms with van der Waals surface area (Å²) < 4.78 is 4.96. The van der Waals surface area contributed by atoms with Gasteiger partial charge in [0.15, 0.2) is 0 Å². The maximum Gasteiger partial charge on any atom is 0.0788 e. The number of nitrogens with zero attached hydrogens (tertiary/aromatic N) is 2. The summed E-state index contributed by atoms with van der Waals surface area (Å²) in [5.41, 5.74) is 6.19. The lowest BCUT2D eigenvalue weighted by atomic mass is 10.1. The van der Waals surface area contributed by atoms with Crippen LogP contribution in [0.4, 0.5) is 0 Å². The molecule has 0 fully saturated rings. The molecule has 0 bridgehead atoms. The molecule has 36 heavy (non-hydrogen) atoms. The number of rotatable bonds is 2. The van der Waals surface area contributed by atoms with E-state index in [-0.39, 0.29) is 0 Å². The Morgan fingerprint density at radius 1 is 0.472 bits per heavy atom. The Kier molecular flexibility index (Phi) is 4.09. The zero-order valence-electron chi connectivity index (χ0n) is 19.9. The van der Waals surface area contributed by atoms with Gasteiger partial charge in [0.2, 0.25) is 0 Å². The molecule has 0 aliphatic heterocycles. The van der Waals surface area contributed by atoms with Crippen molar-refractivity contribution < 1.29 is 0 Å². The predicted octanol–water partition coefficient (Wildman–Crippen LogP) is 7.24. The summed E-state index contributed by atoms with van der Waals surface area (Å²) >= 11 is 0. The van der Waals surface area contributed by atoms with Gasteiger partial charge in [-0.3, -0.25) is 0 Å². The van der Waals surface area contributed by atoms with Crippen molar-refractivity contribution in [2.24, 2.45) is 0 Å². The molecule has 0 amide bonds. The quantitative estimate of drug-likeness (QED) is 0.257. The highest BCUT2D eigenvalue weighted by atomic mass is 15.0. The number of hydrogen-bond acceptors (Lipinski definition) is 0. The van der Waals surface area contributed by atoms with Crippen molar-refractivity contribution in [2.75, 3.05) is 0 Å². The maximum absolute atomic E-state index is 2.51. The van der Waals surface area contributed by atoms with Crippen molar-refractivity contribution >= 4 is 55.6 Å². The van der Waals surface area contributed by atoms with Crippen LogP contribution >= 0.6 is 0 Å². The summed E-state index contributed by atoms with van der Waals surface area (Å²) in [4.78, 5) is 0. The van der Waals surface area contributed by atoms with Crippen molar-refractivity contribution in [3.8, 4) is 11.4 Å². The van der Waals surface area contributed by atoms with Gasteiger partial charge in [-0.05, 0) is 53.9 Å². The van der Waals surface area contributed by atoms with Crippen molar-refractivity contribution in [1.82, 2.24) is 9.13 Å². The number of fused-ring (bicyclic) bond motifs is 8. The lowest BCUT2D eigenvalue weighted by Gasteiger charge is -2.13. The molecule has 7 aromatic rings. The highest BCUT2D eigenvalue weighted by Crippen LogP contribution is 2.36. The first-order valence-electron chi connectivity index (χ1n) is 12.7. The molecule has 1 aliphatic rings. The zero-order chi connectivity index (χ0) is 23.6. The van der Waals surface area contributed by atoms with Crippen LogP contribution in [0.25, 0.3) is 67.0 Å². The molecule has 5 aromatic carbocycles. The number of para-hydroxylation sites is 2. The predicted molar refractivity (Wildman–Crippen MR) is 153 cm³/mol. The topological polar surface area (TPSA) is 9.86 Å². The van der Waals surface area contributed by atoms with Crippen LogP contribution in [0.1, 0.15) is 12.8 Å². The van der Waals surface area contributed by atoms with Gasteiger partial charge in [0.25, 0.3) is 0 Å². The van der Waals surface area contributed by atoms with E-state index in [1.807, 2.05) is 0 Å². The molecule has 0 N–H and O–H groups in total. The average molecular weight is 461 g/mol. The van der Waals surface area contributed by atoms with Gasteiger partial charge in [-0.2, -0.15) is 0 Å². The van der Waals surface area contributed by atoms with Gasteiger partial charge >= 0.3 is 0 Å². The van der Waals surface area contributed by atoms with E-state index < -0.39 is 0 Å². The Labute approximate surface area is 208 Å². The number of benzene rings is 5. The van der Waals surface area contributed by atoms with Crippen LogP contribution in [-0.2, 0) is 0 Å². The number of aromatic nitrogens is 2. The van der Waals surface area contributed by atoms with Crippen LogP contribution < -0.4 is 10.6 Å². The molecule has 0 spiro atoms. The summed E-state index contributed by atoms with van der Waals surface area (Å²) in [6.45, 7) is 0. The van der Waals surface area contributed by atoms with Crippen LogP contribution in [-0.4, -0.2) is 9.13 Å². The van der Waals surface area contributed by atoms with E-state index in [4.69, 9.17) is 0 Å². The number of hydrogen-bond donors (Lipinski definition) is 0. The molecule has 170 valence electrons. The standard InChI is InChI=1S/C34H24N2/c1-2-12-25(13-3-1)35-31-16-8-6-14-27(31)29-20-21-30-28-15-7-9-17-32(28)36(34(30)33(29)35)26-19-18-23-10-4-5-11-24(23)22-26/h1-6,8,10-22H,7,9H2. The van der Waals surface area contributed by atoms with Gasteiger partial charge in [0.1, 0.15) is 0 Å². The fourth-order valence-electron chi connectivity index (χ4n) is 6.16. The van der Waals surface area contributed by atoms with E-state index in [2.05, 4.69) is 130 Å². The van der Waals surface area contributed by atoms with Gasteiger partial charge in [-0.15, -0.1) is 0 Å². The van der Waals surface area contributed by atoms with Gasteiger partial charge in [-0.25, -0.2) is 0 Å². The first kappa shape index (κ1) is 19.7. The smallest absolute Gasteiger partial charge is 0.0788 e. The Balaban J connectivity index is 1.64. The van der Waals surface area contributed by atoms with Crippen LogP contribution in [0.3, 0.4) is 0 Å². The van der Waals surface area contributed by atoms with Crippen molar-refractivity contribution in [3.05, 3.63) is 120 Å². The molecule has 2 heteroatoms. The maximum atomic E-state index is 2.51. The molecule has 0 radical (unpaired) electrons. The Morgan fingerprint density at radius 3 is 2.11 bits per heavy atom. The summed E-state index contributed by atoms with van der Waals surface area (Å²) in [5, 5.41) is 9.10. The second kappa shape index (κ2) is 7.47. The molecule has 2 aromatic heterocycles. The molecular weight excluding hydrogens is 436 g/mol. The first-order valence-corrected chi connectivity index (χ1v) is 12.7. The van der Waals surface area contributed by atoms with Crippen molar-refractivity contribution in [2.45, 2.75) is 12.8 Å². The third kappa shape index (κ3) is 2.67. The molecule has 0 atom stereocenters. The SMILES string of the molecule is C1=c2c(n(-c3ccc4ccccc4c3)c3c2ccc2c4ccccc4n(-c4ccccc4)c23)=CCC1. The fourth-order valence-corrected chi connectivity index (χ4v) is 6.16. The van der Waals surface area contributed by atoms with Crippen molar-refractivity contribution in [3.63, 3.8) is 0 Å². The lowest BCUT2D eigenvalue weighted by molar-refractivity contribution is 1.02. The Bertz CT molecular complexity index is 2090. The Hall–Kier alpha value is -4.56. The molecule has 1 aliphatic carbocycles. The second-order valence-electron chi connectivity index (χ2n) is 9.70. The Morgan fingerprint density at radius 2 is 1.19 bits per heavy atom. The minimum absolute atomic E-state index is 1.07. The molecule has 0 unspecified atom stereocenters. The molecule has 0 saturated heterocycles. The third-order valence-corrected chi connectivity index (χ3v) is 7.70. The van der Waals surface area contributed by atoms with Gasteiger partial charge in [0, 0.05) is 38.1 Å². The van der Waals surface area contributed by atoms with Crippen LogP contribution in [0.2, 0.25) is 0 Å². The lowest BCUT2D eigenvalue weighted by Crippen LogP contribution is -2.30. The molecular formula is C34H24N2. The van der Waals surface area contributed by atoms with E-state index in [1.165, 1.54) is 65.4 Å². The van der Waals surface area contributed by atoms with Gasteiger partial charge in [-0.1, -0.05) is 91.0 Å². The first-order chi connectivity index (χ1) is 17.9. The zero-order valence-corrected chi connectivity index (χ0v) is 19.9. The van der Waals surface area contributed by atoms with E-state index in [9.17, 15) is 0 Å². The van der Waals surface area contributed by atoms with Gasteiger partial charge < -0.3 is 9.13 Å². The van der Waals surface area contributed by atoms with Gasteiger partial charge in [0.05, 0.1) is 16.6 Å². The highest BCUT2D eigenvalue weighted by Gasteiger charge is 2.20. The monoisotopic (exact) mass is 460 g/mol. The van der Waals surface area contributed by atoms with E-state index in [0.717, 1.165) is 12.8 Å². The van der Waals surface area contributed by atoms with Crippen molar-refractivity contribution in [1.29, 1.82) is 0 Å². The fraction of sp³-hybridized carbons (Fsp3) is 0.0588. The summed E-state index contributed by atoms with van der Waals surface area (Å²) in [6, 6.07) is 39.7. The largest absolute Gasteiger partial charge is 0.307 e. The molecule has 0 saturated carbocycles. The third-order valence-electron chi connectivity index (χ3n) is 7.70. The van der Waals surface area contributed by atoms with E-state index in [1.54, 1.807) is 0 Å². The summed E-state index contributed by atoms with van der Waals surface area (Å²) in [6.07, 6.45) is 7.01. The normalized spacial score (nSPS) is 13.2. The van der Waals surface area contributed by atoms with Crippen LogP contribution in [0, 0.1) is 0 Å². The van der Waals surface area contributed by atoms with Crippen LogP contribution in [0.15, 0.2) is 109 Å². The highest BCUT2D eigenvalue weighted by molar-refractivity contribution is 6.18. The van der Waals surface area contributed by atoms with Crippen LogP contribution in [0.5, 0.6) is 0 Å². The van der Waals surface area contributed by atoms with E-state index >= 15 is 0 Å². The average Bonchev–Trinajstić information content (AvgIpc) is 3.46. The minimum atomic E-state index is 1.07. The molecule has 2 heterocycles.